The first-order chi connectivity index (χ1) is 11.7. The molecule has 1 unspecified atom stereocenters. The maximum Gasteiger partial charge on any atom is 0.223 e. The Morgan fingerprint density at radius 2 is 2.08 bits per heavy atom. The molecule has 25 heavy (non-hydrogen) atoms. The number of nitrogens with zero attached hydrogens (tertiary/aromatic N) is 1. The molecule has 2 aromatic carbocycles. The number of hydrogen-bond donors (Lipinski definition) is 2. The number of amides is 1. The fourth-order valence-electron chi connectivity index (χ4n) is 3.66. The largest absolute Gasteiger partial charge is 0.349 e. The lowest BCUT2D eigenvalue weighted by atomic mass is 9.88. The van der Waals surface area contributed by atoms with Gasteiger partial charge in [0.05, 0.1) is 18.1 Å². The van der Waals surface area contributed by atoms with Gasteiger partial charge in [0.1, 0.15) is 0 Å². The van der Waals surface area contributed by atoms with Gasteiger partial charge < -0.3 is 10.3 Å². The molecule has 1 heterocycles. The van der Waals surface area contributed by atoms with Crippen LogP contribution in [0.4, 0.5) is 0 Å². The number of imidazole rings is 1. The van der Waals surface area contributed by atoms with Crippen LogP contribution in [0.2, 0.25) is 0 Å². The van der Waals surface area contributed by atoms with Gasteiger partial charge in [0, 0.05) is 20.9 Å². The first-order valence-corrected chi connectivity index (χ1v) is 8.51. The van der Waals surface area contributed by atoms with Crippen LogP contribution in [0.25, 0.3) is 10.8 Å². The average molecular weight is 360 g/mol. The summed E-state index contributed by atoms with van der Waals surface area (Å²) in [5, 5.41) is 5.61. The molecule has 1 aliphatic rings. The number of aryl methyl sites for hydroxylation is 1. The molecule has 0 saturated heterocycles. The number of rotatable bonds is 3. The van der Waals surface area contributed by atoms with Crippen molar-refractivity contribution in [3.63, 3.8) is 0 Å². The van der Waals surface area contributed by atoms with Crippen LogP contribution in [0.5, 0.6) is 0 Å². The van der Waals surface area contributed by atoms with E-state index in [1.54, 1.807) is 6.33 Å². The molecule has 134 valence electrons. The van der Waals surface area contributed by atoms with Gasteiger partial charge in [-0.05, 0) is 36.1 Å². The Bertz CT molecular complexity index is 894. The standard InChI is InChI=1S/C20H21N3O.ClH.2H2/c1-13(16-8-4-6-14-5-2-3-7-17(14)16)23-20(24)15-9-10-18-19(11-15)22-12-21-18;;;/h2-8,12-13,15H,9-11H2,1H3,(H,21,22)(H,23,24);3*1H/t13-,15?;;;/m1.../s1. The van der Waals surface area contributed by atoms with Crippen molar-refractivity contribution in [2.45, 2.75) is 32.2 Å². The van der Waals surface area contributed by atoms with E-state index in [0.717, 1.165) is 30.7 Å². The van der Waals surface area contributed by atoms with Gasteiger partial charge in [-0.15, -0.1) is 12.4 Å². The van der Waals surface area contributed by atoms with Gasteiger partial charge in [-0.2, -0.15) is 0 Å². The molecule has 3 aromatic rings. The minimum Gasteiger partial charge on any atom is -0.349 e. The minimum absolute atomic E-state index is 0. The number of nitrogens with one attached hydrogen (secondary N) is 2. The van der Waals surface area contributed by atoms with E-state index in [1.165, 1.54) is 16.3 Å². The maximum atomic E-state index is 12.7. The van der Waals surface area contributed by atoms with E-state index in [-0.39, 0.29) is 33.1 Å². The quantitative estimate of drug-likeness (QED) is 0.725. The molecule has 2 N–H and O–H groups in total. The molecule has 1 aromatic heterocycles. The van der Waals surface area contributed by atoms with Crippen LogP contribution in [0, 0.1) is 5.92 Å². The molecule has 1 aliphatic carbocycles. The third kappa shape index (κ3) is 3.40. The van der Waals surface area contributed by atoms with Crippen molar-refractivity contribution in [1.29, 1.82) is 0 Å². The first-order valence-electron chi connectivity index (χ1n) is 8.51. The number of carbonyl (C=O) groups is 1. The van der Waals surface area contributed by atoms with E-state index >= 15 is 0 Å². The first kappa shape index (κ1) is 17.5. The summed E-state index contributed by atoms with van der Waals surface area (Å²) in [4.78, 5) is 20.2. The van der Waals surface area contributed by atoms with E-state index in [0.29, 0.717) is 0 Å². The summed E-state index contributed by atoms with van der Waals surface area (Å²) in [6.07, 6.45) is 4.22. The molecule has 2 atom stereocenters. The molecule has 0 fully saturated rings. The summed E-state index contributed by atoms with van der Waals surface area (Å²) in [7, 11) is 0. The van der Waals surface area contributed by atoms with Crippen LogP contribution in [-0.4, -0.2) is 15.9 Å². The summed E-state index contributed by atoms with van der Waals surface area (Å²) >= 11 is 0. The second kappa shape index (κ2) is 7.28. The minimum atomic E-state index is -0.00763. The maximum absolute atomic E-state index is 12.7. The van der Waals surface area contributed by atoms with Crippen molar-refractivity contribution in [3.05, 3.63) is 65.7 Å². The molecular formula is C20H26ClN3O. The molecule has 0 bridgehead atoms. The zero-order valence-electron chi connectivity index (χ0n) is 14.2. The second-order valence-corrected chi connectivity index (χ2v) is 6.57. The number of hydrogen-bond acceptors (Lipinski definition) is 2. The average Bonchev–Trinajstić information content (AvgIpc) is 3.08. The van der Waals surface area contributed by atoms with Crippen molar-refractivity contribution in [1.82, 2.24) is 15.3 Å². The lowest BCUT2D eigenvalue weighted by molar-refractivity contribution is -0.126. The molecule has 0 saturated carbocycles. The van der Waals surface area contributed by atoms with E-state index in [4.69, 9.17) is 0 Å². The molecule has 0 radical (unpaired) electrons. The normalized spacial score (nSPS) is 17.4. The van der Waals surface area contributed by atoms with Crippen molar-refractivity contribution in [2.24, 2.45) is 5.92 Å². The van der Waals surface area contributed by atoms with Crippen molar-refractivity contribution in [3.8, 4) is 0 Å². The van der Waals surface area contributed by atoms with Gasteiger partial charge in [-0.25, -0.2) is 4.98 Å². The van der Waals surface area contributed by atoms with Gasteiger partial charge >= 0.3 is 0 Å². The van der Waals surface area contributed by atoms with Crippen molar-refractivity contribution < 1.29 is 7.65 Å². The third-order valence-corrected chi connectivity index (χ3v) is 5.01. The summed E-state index contributed by atoms with van der Waals surface area (Å²) in [5.41, 5.74) is 3.39. The van der Waals surface area contributed by atoms with Crippen LogP contribution in [0.15, 0.2) is 48.8 Å². The summed E-state index contributed by atoms with van der Waals surface area (Å²) in [6.45, 7) is 2.06. The van der Waals surface area contributed by atoms with Gasteiger partial charge in [-0.1, -0.05) is 42.5 Å². The van der Waals surface area contributed by atoms with Gasteiger partial charge in [0.2, 0.25) is 5.91 Å². The molecule has 1 amide bonds. The van der Waals surface area contributed by atoms with Crippen LogP contribution in [-0.2, 0) is 17.6 Å². The third-order valence-electron chi connectivity index (χ3n) is 5.01. The van der Waals surface area contributed by atoms with Crippen LogP contribution >= 0.6 is 12.4 Å². The van der Waals surface area contributed by atoms with E-state index in [1.807, 2.05) is 12.1 Å². The van der Waals surface area contributed by atoms with E-state index in [2.05, 4.69) is 52.5 Å². The molecule has 4 nitrogen and oxygen atoms in total. The summed E-state index contributed by atoms with van der Waals surface area (Å²) in [5.74, 6) is 0.158. The van der Waals surface area contributed by atoms with Gasteiger partial charge in [0.15, 0.2) is 0 Å². The fraction of sp³-hybridized carbons (Fsp3) is 0.300. The number of benzene rings is 2. The Labute approximate surface area is 156 Å². The Morgan fingerprint density at radius 3 is 2.96 bits per heavy atom. The highest BCUT2D eigenvalue weighted by Gasteiger charge is 2.27. The Balaban J connectivity index is 0.00000121. The number of aromatic nitrogens is 2. The monoisotopic (exact) mass is 359 g/mol. The Hall–Kier alpha value is -2.33. The van der Waals surface area contributed by atoms with E-state index in [9.17, 15) is 4.79 Å². The number of carbonyl (C=O) groups excluding carboxylic acids is 1. The molecular weight excluding hydrogens is 334 g/mol. The second-order valence-electron chi connectivity index (χ2n) is 6.57. The number of halogens is 1. The molecule has 4 rings (SSSR count). The Kier molecular flexibility index (Phi) is 5.09. The lowest BCUT2D eigenvalue weighted by Gasteiger charge is -2.24. The summed E-state index contributed by atoms with van der Waals surface area (Å²) in [6, 6.07) is 14.6. The Morgan fingerprint density at radius 1 is 1.28 bits per heavy atom. The highest BCUT2D eigenvalue weighted by molar-refractivity contribution is 5.87. The SMILES string of the molecule is C[C@@H](NC(=O)C1CCc2nc[nH]c2C1)c1cccc2ccccc12.Cl.[HH].[HH]. The molecule has 0 aliphatic heterocycles. The number of fused-ring (bicyclic) bond motifs is 2. The fourth-order valence-corrected chi connectivity index (χ4v) is 3.66. The summed E-state index contributed by atoms with van der Waals surface area (Å²) < 4.78 is 0. The zero-order valence-corrected chi connectivity index (χ0v) is 15.0. The van der Waals surface area contributed by atoms with Gasteiger partial charge in [0.25, 0.3) is 0 Å². The highest BCUT2D eigenvalue weighted by atomic mass is 35.5. The van der Waals surface area contributed by atoms with Gasteiger partial charge in [-0.3, -0.25) is 4.79 Å². The van der Waals surface area contributed by atoms with Crippen LogP contribution in [0.1, 0.15) is 39.2 Å². The smallest absolute Gasteiger partial charge is 0.223 e. The lowest BCUT2D eigenvalue weighted by Crippen LogP contribution is -2.35. The predicted molar refractivity (Wildman–Crippen MR) is 106 cm³/mol. The number of aromatic amines is 1. The predicted octanol–water partition coefficient (Wildman–Crippen LogP) is 4.46. The highest BCUT2D eigenvalue weighted by Crippen LogP contribution is 2.26. The topological polar surface area (TPSA) is 57.8 Å². The molecule has 0 spiro atoms. The van der Waals surface area contributed by atoms with Crippen molar-refractivity contribution in [2.75, 3.05) is 0 Å². The zero-order chi connectivity index (χ0) is 16.5. The van der Waals surface area contributed by atoms with Crippen LogP contribution in [0.3, 0.4) is 0 Å². The van der Waals surface area contributed by atoms with Crippen LogP contribution < -0.4 is 5.32 Å². The van der Waals surface area contributed by atoms with E-state index < -0.39 is 0 Å². The molecule has 5 heteroatoms. The van der Waals surface area contributed by atoms with Crippen molar-refractivity contribution >= 4 is 29.1 Å². The number of H-pyrrole nitrogens is 1.